The molecule has 0 unspecified atom stereocenters. The average Bonchev–Trinajstić information content (AvgIpc) is 2.60. The first-order valence-corrected chi connectivity index (χ1v) is 5.40. The van der Waals surface area contributed by atoms with Crippen molar-refractivity contribution in [2.24, 2.45) is 5.73 Å². The molecule has 0 aliphatic carbocycles. The Morgan fingerprint density at radius 3 is 3.07 bits per heavy atom. The van der Waals surface area contributed by atoms with Gasteiger partial charge < -0.3 is 10.7 Å². The number of halogens is 1. The Kier molecular flexibility index (Phi) is 2.76. The smallest absolute Gasteiger partial charge is 0.0641 e. The van der Waals surface area contributed by atoms with E-state index in [1.165, 1.54) is 0 Å². The van der Waals surface area contributed by atoms with Crippen molar-refractivity contribution in [2.45, 2.75) is 12.5 Å². The summed E-state index contributed by atoms with van der Waals surface area (Å²) < 4.78 is 1.01. The number of nitrogens with one attached hydrogen (secondary N) is 1. The molecule has 15 heavy (non-hydrogen) atoms. The first-order chi connectivity index (χ1) is 7.22. The number of nitrogens with zero attached hydrogens (tertiary/aromatic N) is 1. The minimum Gasteiger partial charge on any atom is -0.361 e. The standard InChI is InChI=1S/C11H10BrN3/c12-7-1-2-11-8(5-7)9(6-15-11)10(14)3-4-13/h1-2,5-6,10,15H,3,14H2/t10-/m0/s1. The summed E-state index contributed by atoms with van der Waals surface area (Å²) in [5.74, 6) is 0. The SMILES string of the molecule is N#CC[C@H](N)c1c[nH]c2ccc(Br)cc12. The molecule has 0 aliphatic heterocycles. The maximum absolute atomic E-state index is 8.61. The number of hydrogen-bond acceptors (Lipinski definition) is 2. The molecule has 0 fully saturated rings. The molecule has 1 aromatic carbocycles. The lowest BCUT2D eigenvalue weighted by molar-refractivity contribution is 0.755. The van der Waals surface area contributed by atoms with Gasteiger partial charge in [0, 0.05) is 27.6 Å². The Morgan fingerprint density at radius 1 is 1.53 bits per heavy atom. The van der Waals surface area contributed by atoms with Crippen LogP contribution in [-0.2, 0) is 0 Å². The number of hydrogen-bond donors (Lipinski definition) is 2. The van der Waals surface area contributed by atoms with Crippen LogP contribution in [0.5, 0.6) is 0 Å². The molecule has 1 atom stereocenters. The fourth-order valence-corrected chi connectivity index (χ4v) is 1.99. The van der Waals surface area contributed by atoms with Gasteiger partial charge in [-0.25, -0.2) is 0 Å². The molecule has 1 aromatic heterocycles. The van der Waals surface area contributed by atoms with Crippen molar-refractivity contribution in [1.29, 1.82) is 5.26 Å². The van der Waals surface area contributed by atoms with Crippen molar-refractivity contribution in [3.8, 4) is 6.07 Å². The van der Waals surface area contributed by atoms with Crippen LogP contribution in [0.3, 0.4) is 0 Å². The lowest BCUT2D eigenvalue weighted by Crippen LogP contribution is -2.08. The molecular weight excluding hydrogens is 254 g/mol. The molecule has 0 bridgehead atoms. The minimum atomic E-state index is -0.224. The first-order valence-electron chi connectivity index (χ1n) is 4.61. The van der Waals surface area contributed by atoms with Crippen molar-refractivity contribution in [3.63, 3.8) is 0 Å². The molecule has 0 saturated heterocycles. The second kappa shape index (κ2) is 4.05. The van der Waals surface area contributed by atoms with E-state index in [9.17, 15) is 0 Å². The minimum absolute atomic E-state index is 0.224. The number of aromatic amines is 1. The maximum Gasteiger partial charge on any atom is 0.0641 e. The van der Waals surface area contributed by atoms with E-state index in [1.807, 2.05) is 24.4 Å². The molecule has 3 N–H and O–H groups in total. The fourth-order valence-electron chi connectivity index (χ4n) is 1.63. The van der Waals surface area contributed by atoms with Crippen LogP contribution < -0.4 is 5.73 Å². The van der Waals surface area contributed by atoms with Crippen molar-refractivity contribution in [2.75, 3.05) is 0 Å². The fraction of sp³-hybridized carbons (Fsp3) is 0.182. The van der Waals surface area contributed by atoms with Crippen LogP contribution in [-0.4, -0.2) is 4.98 Å². The maximum atomic E-state index is 8.61. The molecule has 2 aromatic rings. The number of nitrogens with two attached hydrogens (primary N) is 1. The molecule has 0 spiro atoms. The highest BCUT2D eigenvalue weighted by Gasteiger charge is 2.11. The van der Waals surface area contributed by atoms with Crippen molar-refractivity contribution < 1.29 is 0 Å². The number of fused-ring (bicyclic) bond motifs is 1. The highest BCUT2D eigenvalue weighted by Crippen LogP contribution is 2.27. The first kappa shape index (κ1) is 10.2. The van der Waals surface area contributed by atoms with E-state index in [1.54, 1.807) is 0 Å². The van der Waals surface area contributed by atoms with Crippen LogP contribution >= 0.6 is 15.9 Å². The zero-order valence-electron chi connectivity index (χ0n) is 8.00. The Hall–Kier alpha value is -1.31. The lowest BCUT2D eigenvalue weighted by atomic mass is 10.0. The predicted octanol–water partition coefficient (Wildman–Crippen LogP) is 2.84. The van der Waals surface area contributed by atoms with Gasteiger partial charge in [-0.1, -0.05) is 15.9 Å². The number of rotatable bonds is 2. The third-order valence-corrected chi connectivity index (χ3v) is 2.88. The molecule has 1 heterocycles. The summed E-state index contributed by atoms with van der Waals surface area (Å²) in [7, 11) is 0. The monoisotopic (exact) mass is 263 g/mol. The number of nitriles is 1. The van der Waals surface area contributed by atoms with Gasteiger partial charge in [0.05, 0.1) is 12.5 Å². The van der Waals surface area contributed by atoms with Gasteiger partial charge in [0.2, 0.25) is 0 Å². The van der Waals surface area contributed by atoms with Crippen LogP contribution in [0.2, 0.25) is 0 Å². The van der Waals surface area contributed by atoms with E-state index in [0.717, 1.165) is 20.9 Å². The number of benzene rings is 1. The number of aromatic nitrogens is 1. The third kappa shape index (κ3) is 1.89. The topological polar surface area (TPSA) is 65.6 Å². The second-order valence-electron chi connectivity index (χ2n) is 3.40. The molecular formula is C11H10BrN3. The van der Waals surface area contributed by atoms with Crippen LogP contribution in [0.4, 0.5) is 0 Å². The van der Waals surface area contributed by atoms with E-state index in [4.69, 9.17) is 11.0 Å². The third-order valence-electron chi connectivity index (χ3n) is 2.39. The van der Waals surface area contributed by atoms with E-state index in [-0.39, 0.29) is 6.04 Å². The van der Waals surface area contributed by atoms with E-state index >= 15 is 0 Å². The van der Waals surface area contributed by atoms with Gasteiger partial charge >= 0.3 is 0 Å². The molecule has 0 saturated carbocycles. The van der Waals surface area contributed by atoms with Crippen LogP contribution in [0.1, 0.15) is 18.0 Å². The summed E-state index contributed by atoms with van der Waals surface area (Å²) in [6.45, 7) is 0. The van der Waals surface area contributed by atoms with E-state index in [2.05, 4.69) is 27.0 Å². The van der Waals surface area contributed by atoms with Crippen LogP contribution in [0.15, 0.2) is 28.9 Å². The molecule has 0 amide bonds. The Balaban J connectivity index is 2.53. The average molecular weight is 264 g/mol. The summed E-state index contributed by atoms with van der Waals surface area (Å²) in [6, 6.07) is 7.83. The van der Waals surface area contributed by atoms with E-state index < -0.39 is 0 Å². The zero-order valence-corrected chi connectivity index (χ0v) is 9.58. The molecule has 0 radical (unpaired) electrons. The molecule has 4 heteroatoms. The second-order valence-corrected chi connectivity index (χ2v) is 4.32. The summed E-state index contributed by atoms with van der Waals surface area (Å²) in [5.41, 5.74) is 7.94. The van der Waals surface area contributed by atoms with Gasteiger partial charge in [0.15, 0.2) is 0 Å². The highest BCUT2D eigenvalue weighted by molar-refractivity contribution is 9.10. The molecule has 3 nitrogen and oxygen atoms in total. The van der Waals surface area contributed by atoms with Crippen molar-refractivity contribution in [3.05, 3.63) is 34.4 Å². The van der Waals surface area contributed by atoms with Gasteiger partial charge in [-0.3, -0.25) is 0 Å². The summed E-state index contributed by atoms with van der Waals surface area (Å²) >= 11 is 3.42. The van der Waals surface area contributed by atoms with Gasteiger partial charge in [0.25, 0.3) is 0 Å². The number of H-pyrrole nitrogens is 1. The molecule has 0 aliphatic rings. The summed E-state index contributed by atoms with van der Waals surface area (Å²) in [5, 5.41) is 9.69. The molecule has 2 rings (SSSR count). The predicted molar refractivity (Wildman–Crippen MR) is 63.2 cm³/mol. The van der Waals surface area contributed by atoms with Gasteiger partial charge in [0.1, 0.15) is 0 Å². The van der Waals surface area contributed by atoms with Gasteiger partial charge in [-0.2, -0.15) is 5.26 Å². The van der Waals surface area contributed by atoms with Crippen LogP contribution in [0, 0.1) is 11.3 Å². The van der Waals surface area contributed by atoms with Gasteiger partial charge in [-0.15, -0.1) is 0 Å². The van der Waals surface area contributed by atoms with E-state index in [0.29, 0.717) is 6.42 Å². The van der Waals surface area contributed by atoms with Crippen molar-refractivity contribution >= 4 is 26.8 Å². The van der Waals surface area contributed by atoms with Crippen molar-refractivity contribution in [1.82, 2.24) is 4.98 Å². The van der Waals surface area contributed by atoms with Crippen LogP contribution in [0.25, 0.3) is 10.9 Å². The summed E-state index contributed by atoms with van der Waals surface area (Å²) in [4.78, 5) is 3.14. The normalized spacial score (nSPS) is 12.6. The Labute approximate surface area is 96.0 Å². The lowest BCUT2D eigenvalue weighted by Gasteiger charge is -2.05. The molecule has 76 valence electrons. The Morgan fingerprint density at radius 2 is 2.33 bits per heavy atom. The largest absolute Gasteiger partial charge is 0.361 e. The highest BCUT2D eigenvalue weighted by atomic mass is 79.9. The van der Waals surface area contributed by atoms with Gasteiger partial charge in [-0.05, 0) is 23.8 Å². The summed E-state index contributed by atoms with van der Waals surface area (Å²) in [6.07, 6.45) is 2.21. The quantitative estimate of drug-likeness (QED) is 0.875. The zero-order chi connectivity index (χ0) is 10.8. The Bertz CT molecular complexity index is 524.